The van der Waals surface area contributed by atoms with Gasteiger partial charge in [-0.15, -0.1) is 0 Å². The van der Waals surface area contributed by atoms with Gasteiger partial charge < -0.3 is 10.6 Å². The molecule has 0 spiro atoms. The lowest BCUT2D eigenvalue weighted by Crippen LogP contribution is -2.45. The first-order chi connectivity index (χ1) is 15.2. The Hall–Kier alpha value is -2.64. The summed E-state index contributed by atoms with van der Waals surface area (Å²) in [6, 6.07) is 12.9. The van der Waals surface area contributed by atoms with Gasteiger partial charge in [-0.25, -0.2) is 4.39 Å². The molecule has 1 fully saturated rings. The summed E-state index contributed by atoms with van der Waals surface area (Å²) in [5.74, 6) is 0.139. The number of hydrogen-bond acceptors (Lipinski definition) is 4. The van der Waals surface area contributed by atoms with Gasteiger partial charge >= 0.3 is 0 Å². The van der Waals surface area contributed by atoms with Crippen molar-refractivity contribution in [2.75, 3.05) is 13.1 Å². The number of halogens is 1. The van der Waals surface area contributed by atoms with E-state index in [4.69, 9.17) is 0 Å². The number of H-pyrrole nitrogens is 1. The average molecular weight is 437 g/mol. The quantitative estimate of drug-likeness (QED) is 0.540. The van der Waals surface area contributed by atoms with Gasteiger partial charge in [-0.05, 0) is 74.5 Å². The molecule has 2 aliphatic rings. The van der Waals surface area contributed by atoms with E-state index in [1.807, 2.05) is 36.4 Å². The Bertz CT molecular complexity index is 1140. The van der Waals surface area contributed by atoms with Gasteiger partial charge in [0.15, 0.2) is 0 Å². The molecule has 2 aliphatic heterocycles. The molecule has 1 aromatic heterocycles. The number of aromatic amines is 1. The van der Waals surface area contributed by atoms with Crippen LogP contribution in [0.25, 0.3) is 17.0 Å². The molecule has 0 radical (unpaired) electrons. The van der Waals surface area contributed by atoms with E-state index in [0.29, 0.717) is 22.8 Å². The molecule has 5 rings (SSSR count). The molecule has 31 heavy (non-hydrogen) atoms. The Morgan fingerprint density at radius 2 is 2.03 bits per heavy atom. The summed E-state index contributed by atoms with van der Waals surface area (Å²) in [5, 5.41) is 15.1. The highest BCUT2D eigenvalue weighted by atomic mass is 32.2. The van der Waals surface area contributed by atoms with E-state index in [0.717, 1.165) is 53.8 Å². The molecular weight excluding hydrogens is 411 g/mol. The number of piperidine rings is 1. The molecule has 1 unspecified atom stereocenters. The largest absolute Gasteiger partial charge is 0.349 e. The molecule has 1 saturated heterocycles. The number of carbonyl (C=O) groups is 1. The summed E-state index contributed by atoms with van der Waals surface area (Å²) < 4.78 is 14.1. The molecule has 160 valence electrons. The fourth-order valence-electron chi connectivity index (χ4n) is 4.56. The summed E-state index contributed by atoms with van der Waals surface area (Å²) in [5.41, 5.74) is 2.49. The van der Waals surface area contributed by atoms with E-state index in [-0.39, 0.29) is 17.8 Å². The first-order valence-corrected chi connectivity index (χ1v) is 11.6. The van der Waals surface area contributed by atoms with Crippen LogP contribution in [0.5, 0.6) is 0 Å². The van der Waals surface area contributed by atoms with E-state index in [1.54, 1.807) is 6.07 Å². The van der Waals surface area contributed by atoms with Gasteiger partial charge in [-0.3, -0.25) is 9.89 Å². The maximum absolute atomic E-state index is 14.1. The van der Waals surface area contributed by atoms with E-state index in [1.165, 1.54) is 17.8 Å². The molecule has 7 heteroatoms. The third-order valence-corrected chi connectivity index (χ3v) is 7.32. The summed E-state index contributed by atoms with van der Waals surface area (Å²) in [6.07, 6.45) is 5.24. The Balaban J connectivity index is 1.34. The van der Waals surface area contributed by atoms with Gasteiger partial charge in [0, 0.05) is 16.3 Å². The van der Waals surface area contributed by atoms with E-state index >= 15 is 0 Å². The first kappa shape index (κ1) is 20.3. The van der Waals surface area contributed by atoms with Crippen LogP contribution in [0.15, 0.2) is 52.3 Å². The Labute approximate surface area is 184 Å². The number of benzene rings is 2. The molecule has 0 aliphatic carbocycles. The maximum atomic E-state index is 14.1. The van der Waals surface area contributed by atoms with Gasteiger partial charge in [-0.2, -0.15) is 5.10 Å². The lowest BCUT2D eigenvalue weighted by molar-refractivity contribution is -0.117. The van der Waals surface area contributed by atoms with Crippen LogP contribution in [0.2, 0.25) is 0 Å². The van der Waals surface area contributed by atoms with Gasteiger partial charge in [-0.1, -0.05) is 36.0 Å². The van der Waals surface area contributed by atoms with Crippen LogP contribution in [0.3, 0.4) is 0 Å². The predicted molar refractivity (Wildman–Crippen MR) is 122 cm³/mol. The van der Waals surface area contributed by atoms with E-state index < -0.39 is 0 Å². The van der Waals surface area contributed by atoms with E-state index in [9.17, 15) is 9.18 Å². The fourth-order valence-corrected chi connectivity index (χ4v) is 5.59. The molecule has 1 atom stereocenters. The van der Waals surface area contributed by atoms with Crippen LogP contribution in [-0.2, 0) is 11.2 Å². The molecule has 1 amide bonds. The third-order valence-electron chi connectivity index (χ3n) is 6.24. The number of rotatable bonds is 6. The van der Waals surface area contributed by atoms with Crippen LogP contribution < -0.4 is 10.6 Å². The number of aryl methyl sites for hydroxylation is 1. The smallest absolute Gasteiger partial charge is 0.258 e. The van der Waals surface area contributed by atoms with Crippen molar-refractivity contribution in [2.45, 2.75) is 36.6 Å². The molecule has 0 bridgehead atoms. The second-order valence-electron chi connectivity index (χ2n) is 8.20. The van der Waals surface area contributed by atoms with Crippen LogP contribution in [0.4, 0.5) is 4.39 Å². The first-order valence-electron chi connectivity index (χ1n) is 10.8. The van der Waals surface area contributed by atoms with Crippen molar-refractivity contribution in [1.82, 2.24) is 20.8 Å². The van der Waals surface area contributed by atoms with Crippen molar-refractivity contribution in [2.24, 2.45) is 5.92 Å². The standard InChI is InChI=1S/C24H25FN4OS/c25-17-5-2-1-4-15(17)8-9-18(16-10-12-26-13-11-16)27-24(30)22-14-20-23-19(28-29-20)6-3-7-21(23)31-22/h1-7,14,16,18,26H,8-13H2,(H,27,30)(H,28,29). The highest BCUT2D eigenvalue weighted by Crippen LogP contribution is 2.40. The van der Waals surface area contributed by atoms with Crippen molar-refractivity contribution in [3.8, 4) is 0 Å². The average Bonchev–Trinajstić information content (AvgIpc) is 3.22. The van der Waals surface area contributed by atoms with Gasteiger partial charge in [0.25, 0.3) is 5.91 Å². The summed E-state index contributed by atoms with van der Waals surface area (Å²) in [4.78, 5) is 15.0. The lowest BCUT2D eigenvalue weighted by atomic mass is 9.86. The molecule has 0 saturated carbocycles. The van der Waals surface area contributed by atoms with Crippen molar-refractivity contribution in [1.29, 1.82) is 0 Å². The van der Waals surface area contributed by atoms with Crippen LogP contribution >= 0.6 is 11.8 Å². The number of nitrogens with one attached hydrogen (secondary N) is 3. The minimum absolute atomic E-state index is 0.00895. The lowest BCUT2D eigenvalue weighted by Gasteiger charge is -2.32. The SMILES string of the molecule is O=C(NC(CCc1ccccc1F)C1CCNCC1)C1=Cc2[nH]nc3cccc(c23)S1. The van der Waals surface area contributed by atoms with Gasteiger partial charge in [0.05, 0.1) is 16.1 Å². The van der Waals surface area contributed by atoms with Crippen molar-refractivity contribution in [3.05, 3.63) is 64.4 Å². The number of thioether (sulfide) groups is 1. The van der Waals surface area contributed by atoms with Gasteiger partial charge in [0.2, 0.25) is 0 Å². The fraction of sp³-hybridized carbons (Fsp3) is 0.333. The van der Waals surface area contributed by atoms with Crippen LogP contribution in [0, 0.1) is 11.7 Å². The summed E-state index contributed by atoms with van der Waals surface area (Å²) in [7, 11) is 0. The summed E-state index contributed by atoms with van der Waals surface area (Å²) >= 11 is 1.48. The Morgan fingerprint density at radius 1 is 1.19 bits per heavy atom. The zero-order valence-corrected chi connectivity index (χ0v) is 18.0. The second-order valence-corrected chi connectivity index (χ2v) is 9.28. The van der Waals surface area contributed by atoms with Gasteiger partial charge in [0.1, 0.15) is 5.82 Å². The number of carbonyl (C=O) groups excluding carboxylic acids is 1. The number of hydrogen-bond donors (Lipinski definition) is 3. The molecule has 3 heterocycles. The molecule has 3 N–H and O–H groups in total. The molecule has 2 aromatic carbocycles. The summed E-state index contributed by atoms with van der Waals surface area (Å²) in [6.45, 7) is 1.90. The number of aromatic nitrogens is 2. The Kier molecular flexibility index (Phi) is 5.78. The topological polar surface area (TPSA) is 69.8 Å². The van der Waals surface area contributed by atoms with Crippen molar-refractivity contribution in [3.63, 3.8) is 0 Å². The molecule has 5 nitrogen and oxygen atoms in total. The second kappa shape index (κ2) is 8.85. The van der Waals surface area contributed by atoms with Crippen molar-refractivity contribution < 1.29 is 9.18 Å². The molecule has 3 aromatic rings. The Morgan fingerprint density at radius 3 is 2.87 bits per heavy atom. The minimum atomic E-state index is -0.177. The van der Waals surface area contributed by atoms with Crippen LogP contribution in [0.1, 0.15) is 30.5 Å². The highest BCUT2D eigenvalue weighted by Gasteiger charge is 2.28. The highest BCUT2D eigenvalue weighted by molar-refractivity contribution is 8.04. The minimum Gasteiger partial charge on any atom is -0.349 e. The normalized spacial score (nSPS) is 17.4. The number of amides is 1. The van der Waals surface area contributed by atoms with Crippen LogP contribution in [-0.4, -0.2) is 35.2 Å². The zero-order chi connectivity index (χ0) is 21.2. The monoisotopic (exact) mass is 436 g/mol. The third kappa shape index (κ3) is 4.25. The maximum Gasteiger partial charge on any atom is 0.258 e. The van der Waals surface area contributed by atoms with E-state index in [2.05, 4.69) is 20.8 Å². The predicted octanol–water partition coefficient (Wildman–Crippen LogP) is 4.27. The zero-order valence-electron chi connectivity index (χ0n) is 17.2. The van der Waals surface area contributed by atoms with Crippen molar-refractivity contribution >= 4 is 34.6 Å². The number of nitrogens with zero attached hydrogens (tertiary/aromatic N) is 1. The molecular formula is C24H25FN4OS.